The Morgan fingerprint density at radius 2 is 2.18 bits per heavy atom. The minimum absolute atomic E-state index is 0.376. The van der Waals surface area contributed by atoms with Gasteiger partial charge in [0.2, 0.25) is 0 Å². The zero-order chi connectivity index (χ0) is 7.90. The van der Waals surface area contributed by atoms with Crippen LogP contribution in [0.25, 0.3) is 0 Å². The van der Waals surface area contributed by atoms with Gasteiger partial charge in [-0.2, -0.15) is 0 Å². The molecule has 0 bridgehead atoms. The predicted molar refractivity (Wildman–Crippen MR) is 42.3 cm³/mol. The Balaban J connectivity index is 1.90. The molecule has 0 amide bonds. The molecule has 11 heavy (non-hydrogen) atoms. The second kappa shape index (κ2) is 2.46. The topological polar surface area (TPSA) is 32.8 Å². The largest absolute Gasteiger partial charge is 0.390 e. The number of rotatable bonds is 4. The van der Waals surface area contributed by atoms with Crippen LogP contribution in [-0.2, 0) is 4.74 Å². The van der Waals surface area contributed by atoms with Crippen molar-refractivity contribution in [1.82, 2.24) is 0 Å². The molecule has 2 nitrogen and oxygen atoms in total. The molecule has 0 aromatic rings. The van der Waals surface area contributed by atoms with Crippen LogP contribution in [-0.4, -0.2) is 23.4 Å². The van der Waals surface area contributed by atoms with Crippen molar-refractivity contribution in [2.24, 2.45) is 5.92 Å². The van der Waals surface area contributed by atoms with Gasteiger partial charge in [-0.15, -0.1) is 0 Å². The molecule has 64 valence electrons. The molecule has 2 rings (SSSR count). The molecule has 1 heterocycles. The van der Waals surface area contributed by atoms with E-state index in [0.29, 0.717) is 12.0 Å². The molecule has 2 heteroatoms. The molecule has 0 aromatic carbocycles. The van der Waals surface area contributed by atoms with Crippen molar-refractivity contribution in [2.75, 3.05) is 6.61 Å². The van der Waals surface area contributed by atoms with E-state index in [1.165, 1.54) is 12.8 Å². The smallest absolute Gasteiger partial charge is 0.0837 e. The summed E-state index contributed by atoms with van der Waals surface area (Å²) in [6.07, 6.45) is 4.57. The van der Waals surface area contributed by atoms with Crippen molar-refractivity contribution in [1.29, 1.82) is 0 Å². The van der Waals surface area contributed by atoms with Crippen molar-refractivity contribution in [3.63, 3.8) is 0 Å². The van der Waals surface area contributed by atoms with E-state index in [-0.39, 0.29) is 5.60 Å². The first-order valence-corrected chi connectivity index (χ1v) is 4.58. The van der Waals surface area contributed by atoms with Crippen LogP contribution in [0.3, 0.4) is 0 Å². The van der Waals surface area contributed by atoms with Crippen molar-refractivity contribution >= 4 is 0 Å². The zero-order valence-electron chi connectivity index (χ0n) is 7.05. The first kappa shape index (κ1) is 7.56. The summed E-state index contributed by atoms with van der Waals surface area (Å²) in [5.74, 6) is 0.580. The number of hydrogen-bond acceptors (Lipinski definition) is 2. The summed E-state index contributed by atoms with van der Waals surface area (Å²) in [5.41, 5.74) is -0.388. The quantitative estimate of drug-likeness (QED) is 0.623. The molecule has 0 spiro atoms. The molecular formula is C9H16O2. The molecular weight excluding hydrogens is 140 g/mol. The number of epoxide rings is 1. The van der Waals surface area contributed by atoms with Crippen LogP contribution >= 0.6 is 0 Å². The van der Waals surface area contributed by atoms with Crippen LogP contribution in [0.15, 0.2) is 0 Å². The first-order chi connectivity index (χ1) is 5.24. The third-order valence-electron chi connectivity index (χ3n) is 2.93. The summed E-state index contributed by atoms with van der Waals surface area (Å²) in [6.45, 7) is 2.94. The Labute approximate surface area is 67.6 Å². The lowest BCUT2D eigenvalue weighted by atomic mass is 9.89. The van der Waals surface area contributed by atoms with Crippen molar-refractivity contribution in [3.8, 4) is 0 Å². The number of ether oxygens (including phenoxy) is 1. The second-order valence-electron chi connectivity index (χ2n) is 3.89. The number of aliphatic hydroxyl groups is 1. The average Bonchev–Trinajstić information content (AvgIpc) is 2.81. The highest BCUT2D eigenvalue weighted by Crippen LogP contribution is 2.45. The molecule has 2 atom stereocenters. The molecule has 1 aliphatic carbocycles. The molecule has 1 N–H and O–H groups in total. The Bertz CT molecular complexity index is 150. The fourth-order valence-corrected chi connectivity index (χ4v) is 1.80. The highest BCUT2D eigenvalue weighted by Gasteiger charge is 2.45. The molecule has 0 unspecified atom stereocenters. The monoisotopic (exact) mass is 156 g/mol. The van der Waals surface area contributed by atoms with Crippen LogP contribution in [0.4, 0.5) is 0 Å². The Kier molecular flexibility index (Phi) is 1.69. The lowest BCUT2D eigenvalue weighted by Crippen LogP contribution is -2.32. The Morgan fingerprint density at radius 1 is 1.55 bits per heavy atom. The zero-order valence-corrected chi connectivity index (χ0v) is 7.05. The van der Waals surface area contributed by atoms with E-state index in [2.05, 4.69) is 6.92 Å². The third kappa shape index (κ3) is 1.57. The van der Waals surface area contributed by atoms with E-state index in [9.17, 15) is 5.11 Å². The average molecular weight is 156 g/mol. The molecule has 1 saturated heterocycles. The van der Waals surface area contributed by atoms with E-state index in [1.54, 1.807) is 0 Å². The summed E-state index contributed by atoms with van der Waals surface area (Å²) in [4.78, 5) is 0. The van der Waals surface area contributed by atoms with Gasteiger partial charge < -0.3 is 9.84 Å². The maximum atomic E-state index is 10.1. The first-order valence-electron chi connectivity index (χ1n) is 4.58. The van der Waals surface area contributed by atoms with Gasteiger partial charge in [0.1, 0.15) is 0 Å². The fraction of sp³-hybridized carbons (Fsp3) is 1.00. The lowest BCUT2D eigenvalue weighted by Gasteiger charge is -2.25. The predicted octanol–water partition coefficient (Wildman–Crippen LogP) is 1.33. The van der Waals surface area contributed by atoms with Crippen LogP contribution in [0.2, 0.25) is 0 Å². The van der Waals surface area contributed by atoms with Crippen LogP contribution < -0.4 is 0 Å². The molecule has 1 aliphatic heterocycles. The molecule has 0 aromatic heterocycles. The third-order valence-corrected chi connectivity index (χ3v) is 2.93. The van der Waals surface area contributed by atoms with E-state index in [4.69, 9.17) is 4.74 Å². The van der Waals surface area contributed by atoms with Crippen LogP contribution in [0.5, 0.6) is 0 Å². The van der Waals surface area contributed by atoms with E-state index < -0.39 is 0 Å². The SMILES string of the molecule is CC[C@@](O)(C[C@@H]1CO1)C1CC1. The van der Waals surface area contributed by atoms with Gasteiger partial charge in [-0.3, -0.25) is 0 Å². The minimum Gasteiger partial charge on any atom is -0.390 e. The van der Waals surface area contributed by atoms with Gasteiger partial charge in [-0.05, 0) is 25.2 Å². The fourth-order valence-electron chi connectivity index (χ4n) is 1.80. The Hall–Kier alpha value is -0.0800. The summed E-state index contributed by atoms with van der Waals surface area (Å²) < 4.78 is 5.12. The van der Waals surface area contributed by atoms with E-state index in [0.717, 1.165) is 19.4 Å². The lowest BCUT2D eigenvalue weighted by molar-refractivity contribution is -0.00114. The molecule has 2 aliphatic rings. The standard InChI is InChI=1S/C9H16O2/c1-2-9(10,7-3-4-7)5-8-6-11-8/h7-8,10H,2-6H2,1H3/t8-,9-/m1/s1. The summed E-state index contributed by atoms with van der Waals surface area (Å²) in [6, 6.07) is 0. The maximum Gasteiger partial charge on any atom is 0.0837 e. The van der Waals surface area contributed by atoms with Crippen molar-refractivity contribution in [3.05, 3.63) is 0 Å². The molecule has 1 saturated carbocycles. The molecule has 0 radical (unpaired) electrons. The molecule has 2 fully saturated rings. The van der Waals surface area contributed by atoms with Gasteiger partial charge in [0, 0.05) is 6.42 Å². The van der Waals surface area contributed by atoms with E-state index >= 15 is 0 Å². The van der Waals surface area contributed by atoms with Crippen molar-refractivity contribution in [2.45, 2.75) is 44.3 Å². The normalized spacial score (nSPS) is 34.9. The van der Waals surface area contributed by atoms with Gasteiger partial charge in [0.15, 0.2) is 0 Å². The minimum atomic E-state index is -0.388. The van der Waals surface area contributed by atoms with Gasteiger partial charge >= 0.3 is 0 Å². The van der Waals surface area contributed by atoms with Crippen LogP contribution in [0, 0.1) is 5.92 Å². The maximum absolute atomic E-state index is 10.1. The number of hydrogen-bond donors (Lipinski definition) is 1. The summed E-state index contributed by atoms with van der Waals surface area (Å²) >= 11 is 0. The highest BCUT2D eigenvalue weighted by atomic mass is 16.6. The van der Waals surface area contributed by atoms with Gasteiger partial charge in [-0.25, -0.2) is 0 Å². The van der Waals surface area contributed by atoms with Gasteiger partial charge in [0.25, 0.3) is 0 Å². The Morgan fingerprint density at radius 3 is 2.55 bits per heavy atom. The highest BCUT2D eigenvalue weighted by molar-refractivity contribution is 4.96. The second-order valence-corrected chi connectivity index (χ2v) is 3.89. The summed E-state index contributed by atoms with van der Waals surface area (Å²) in [5, 5.41) is 10.1. The summed E-state index contributed by atoms with van der Waals surface area (Å²) in [7, 11) is 0. The van der Waals surface area contributed by atoms with Crippen molar-refractivity contribution < 1.29 is 9.84 Å². The van der Waals surface area contributed by atoms with E-state index in [1.807, 2.05) is 0 Å². The van der Waals surface area contributed by atoms with Crippen LogP contribution in [0.1, 0.15) is 32.6 Å². The van der Waals surface area contributed by atoms with Gasteiger partial charge in [-0.1, -0.05) is 6.92 Å². The van der Waals surface area contributed by atoms with Gasteiger partial charge in [0.05, 0.1) is 18.3 Å².